The van der Waals surface area contributed by atoms with Gasteiger partial charge in [-0.05, 0) is 49.2 Å². The van der Waals surface area contributed by atoms with Crippen LogP contribution >= 0.6 is 0 Å². The number of rotatable bonds is 4. The van der Waals surface area contributed by atoms with Crippen molar-refractivity contribution in [1.82, 2.24) is 4.90 Å². The SMILES string of the molecule is O=C(O)c1ccc(NC(=O)C2CCN(C(=O)c3ccccc3)CC2)cc1. The maximum absolute atomic E-state index is 12.4. The summed E-state index contributed by atoms with van der Waals surface area (Å²) < 4.78 is 0. The molecule has 2 amide bonds. The molecule has 0 atom stereocenters. The highest BCUT2D eigenvalue weighted by Gasteiger charge is 2.27. The minimum atomic E-state index is -1.00. The van der Waals surface area contributed by atoms with Crippen LogP contribution in [-0.2, 0) is 4.79 Å². The number of hydrogen-bond donors (Lipinski definition) is 2. The Morgan fingerprint density at radius 1 is 0.885 bits per heavy atom. The van der Waals surface area contributed by atoms with Crippen LogP contribution in [0.2, 0.25) is 0 Å². The molecule has 0 aliphatic carbocycles. The lowest BCUT2D eigenvalue weighted by molar-refractivity contribution is -0.121. The van der Waals surface area contributed by atoms with Gasteiger partial charge in [0, 0.05) is 30.3 Å². The quantitative estimate of drug-likeness (QED) is 0.886. The predicted molar refractivity (Wildman–Crippen MR) is 97.1 cm³/mol. The fourth-order valence-corrected chi connectivity index (χ4v) is 3.05. The molecule has 0 saturated carbocycles. The number of piperidine rings is 1. The molecular weight excluding hydrogens is 332 g/mol. The van der Waals surface area contributed by atoms with Gasteiger partial charge in [0.05, 0.1) is 5.56 Å². The Labute approximate surface area is 151 Å². The van der Waals surface area contributed by atoms with Crippen LogP contribution in [-0.4, -0.2) is 40.9 Å². The summed E-state index contributed by atoms with van der Waals surface area (Å²) in [6, 6.07) is 15.2. The fourth-order valence-electron chi connectivity index (χ4n) is 3.05. The summed E-state index contributed by atoms with van der Waals surface area (Å²) >= 11 is 0. The molecule has 26 heavy (non-hydrogen) atoms. The zero-order chi connectivity index (χ0) is 18.5. The largest absolute Gasteiger partial charge is 0.478 e. The standard InChI is InChI=1S/C20H20N2O4/c23-18(21-17-8-6-16(7-9-17)20(25)26)14-10-12-22(13-11-14)19(24)15-4-2-1-3-5-15/h1-9,14H,10-13H2,(H,21,23)(H,25,26). The smallest absolute Gasteiger partial charge is 0.335 e. The van der Waals surface area contributed by atoms with Crippen molar-refractivity contribution in [2.75, 3.05) is 18.4 Å². The van der Waals surface area contributed by atoms with Crippen molar-refractivity contribution in [1.29, 1.82) is 0 Å². The van der Waals surface area contributed by atoms with Crippen LogP contribution in [0.5, 0.6) is 0 Å². The highest BCUT2D eigenvalue weighted by atomic mass is 16.4. The number of carboxylic acids is 1. The first-order valence-electron chi connectivity index (χ1n) is 8.53. The molecule has 2 N–H and O–H groups in total. The molecule has 1 heterocycles. The first kappa shape index (κ1) is 17.7. The Hall–Kier alpha value is -3.15. The Balaban J connectivity index is 1.53. The van der Waals surface area contributed by atoms with E-state index in [-0.39, 0.29) is 23.3 Å². The molecule has 0 spiro atoms. The molecule has 2 aromatic carbocycles. The predicted octanol–water partition coefficient (Wildman–Crippen LogP) is 2.88. The van der Waals surface area contributed by atoms with Crippen molar-refractivity contribution in [2.45, 2.75) is 12.8 Å². The summed E-state index contributed by atoms with van der Waals surface area (Å²) in [5.41, 5.74) is 1.41. The Bertz CT molecular complexity index is 794. The summed E-state index contributed by atoms with van der Waals surface area (Å²) in [7, 11) is 0. The van der Waals surface area contributed by atoms with Crippen molar-refractivity contribution >= 4 is 23.5 Å². The second kappa shape index (κ2) is 7.82. The first-order chi connectivity index (χ1) is 12.5. The molecule has 6 nitrogen and oxygen atoms in total. The lowest BCUT2D eigenvalue weighted by Gasteiger charge is -2.31. The van der Waals surface area contributed by atoms with Gasteiger partial charge in [-0.15, -0.1) is 0 Å². The number of amides is 2. The summed E-state index contributed by atoms with van der Waals surface area (Å²) in [5.74, 6) is -1.26. The van der Waals surface area contributed by atoms with E-state index >= 15 is 0 Å². The van der Waals surface area contributed by atoms with Crippen molar-refractivity contribution in [3.05, 3.63) is 65.7 Å². The van der Waals surface area contributed by atoms with Crippen molar-refractivity contribution in [3.63, 3.8) is 0 Å². The van der Waals surface area contributed by atoms with Gasteiger partial charge in [-0.2, -0.15) is 0 Å². The van der Waals surface area contributed by atoms with E-state index in [0.29, 0.717) is 37.2 Å². The van der Waals surface area contributed by atoms with Gasteiger partial charge >= 0.3 is 5.97 Å². The number of carboxylic acid groups (broad SMARTS) is 1. The van der Waals surface area contributed by atoms with E-state index in [0.717, 1.165) is 0 Å². The highest BCUT2D eigenvalue weighted by molar-refractivity contribution is 5.95. The van der Waals surface area contributed by atoms with Gasteiger partial charge in [-0.1, -0.05) is 18.2 Å². The summed E-state index contributed by atoms with van der Waals surface area (Å²) in [4.78, 5) is 37.5. The molecule has 3 rings (SSSR count). The highest BCUT2D eigenvalue weighted by Crippen LogP contribution is 2.21. The number of benzene rings is 2. The number of anilines is 1. The number of carbonyl (C=O) groups excluding carboxylic acids is 2. The van der Waals surface area contributed by atoms with Crippen LogP contribution in [0, 0.1) is 5.92 Å². The number of aromatic carboxylic acids is 1. The molecule has 0 radical (unpaired) electrons. The summed E-state index contributed by atoms with van der Waals surface area (Å²) in [5, 5.41) is 11.7. The van der Waals surface area contributed by atoms with Crippen LogP contribution in [0.3, 0.4) is 0 Å². The molecule has 1 aliphatic heterocycles. The van der Waals surface area contributed by atoms with E-state index in [1.165, 1.54) is 12.1 Å². The molecule has 0 unspecified atom stereocenters. The Kier molecular flexibility index (Phi) is 5.31. The topological polar surface area (TPSA) is 86.7 Å². The average molecular weight is 352 g/mol. The van der Waals surface area contributed by atoms with Crippen LogP contribution in [0.4, 0.5) is 5.69 Å². The van der Waals surface area contributed by atoms with Crippen LogP contribution in [0.15, 0.2) is 54.6 Å². The number of likely N-dealkylation sites (tertiary alicyclic amines) is 1. The van der Waals surface area contributed by atoms with Crippen LogP contribution < -0.4 is 5.32 Å². The van der Waals surface area contributed by atoms with E-state index in [1.807, 2.05) is 18.2 Å². The molecule has 1 saturated heterocycles. The third-order valence-corrected chi connectivity index (χ3v) is 4.57. The second-order valence-corrected chi connectivity index (χ2v) is 6.30. The third-order valence-electron chi connectivity index (χ3n) is 4.57. The average Bonchev–Trinajstić information content (AvgIpc) is 2.68. The minimum Gasteiger partial charge on any atom is -0.478 e. The summed E-state index contributed by atoms with van der Waals surface area (Å²) in [6.07, 6.45) is 1.22. The zero-order valence-electron chi connectivity index (χ0n) is 14.2. The van der Waals surface area contributed by atoms with Gasteiger partial charge in [-0.3, -0.25) is 9.59 Å². The van der Waals surface area contributed by atoms with Crippen LogP contribution in [0.25, 0.3) is 0 Å². The zero-order valence-corrected chi connectivity index (χ0v) is 14.2. The number of hydrogen-bond acceptors (Lipinski definition) is 3. The molecule has 134 valence electrons. The minimum absolute atomic E-state index is 0.00582. The summed E-state index contributed by atoms with van der Waals surface area (Å²) in [6.45, 7) is 1.09. The van der Waals surface area contributed by atoms with Gasteiger partial charge < -0.3 is 15.3 Å². The van der Waals surface area contributed by atoms with E-state index in [9.17, 15) is 14.4 Å². The monoisotopic (exact) mass is 352 g/mol. The number of nitrogens with one attached hydrogen (secondary N) is 1. The second-order valence-electron chi connectivity index (χ2n) is 6.30. The molecular formula is C20H20N2O4. The normalized spacial score (nSPS) is 14.7. The number of nitrogens with zero attached hydrogens (tertiary/aromatic N) is 1. The first-order valence-corrected chi connectivity index (χ1v) is 8.53. The third kappa shape index (κ3) is 4.08. The maximum atomic E-state index is 12.4. The molecule has 0 bridgehead atoms. The van der Waals surface area contributed by atoms with Gasteiger partial charge in [0.2, 0.25) is 5.91 Å². The van der Waals surface area contributed by atoms with Crippen LogP contribution in [0.1, 0.15) is 33.6 Å². The maximum Gasteiger partial charge on any atom is 0.335 e. The van der Waals surface area contributed by atoms with Gasteiger partial charge in [0.25, 0.3) is 5.91 Å². The van der Waals surface area contributed by atoms with E-state index < -0.39 is 5.97 Å². The fraction of sp³-hybridized carbons (Fsp3) is 0.250. The lowest BCUT2D eigenvalue weighted by Crippen LogP contribution is -2.41. The molecule has 1 fully saturated rings. The van der Waals surface area contributed by atoms with E-state index in [1.54, 1.807) is 29.2 Å². The van der Waals surface area contributed by atoms with Crippen molar-refractivity contribution in [2.24, 2.45) is 5.92 Å². The Morgan fingerprint density at radius 2 is 1.50 bits per heavy atom. The van der Waals surface area contributed by atoms with E-state index in [4.69, 9.17) is 5.11 Å². The van der Waals surface area contributed by atoms with E-state index in [2.05, 4.69) is 5.32 Å². The lowest BCUT2D eigenvalue weighted by atomic mass is 9.95. The molecule has 0 aromatic heterocycles. The molecule has 1 aliphatic rings. The molecule has 2 aromatic rings. The Morgan fingerprint density at radius 3 is 2.08 bits per heavy atom. The number of carbonyl (C=O) groups is 3. The van der Waals surface area contributed by atoms with Gasteiger partial charge in [-0.25, -0.2) is 4.79 Å². The van der Waals surface area contributed by atoms with Crippen molar-refractivity contribution in [3.8, 4) is 0 Å². The molecule has 6 heteroatoms. The van der Waals surface area contributed by atoms with Gasteiger partial charge in [0.1, 0.15) is 0 Å². The van der Waals surface area contributed by atoms with Crippen molar-refractivity contribution < 1.29 is 19.5 Å². The van der Waals surface area contributed by atoms with Gasteiger partial charge in [0.15, 0.2) is 0 Å².